The summed E-state index contributed by atoms with van der Waals surface area (Å²) in [5, 5.41) is 2.90. The highest BCUT2D eigenvalue weighted by Gasteiger charge is 2.62. The minimum absolute atomic E-state index is 0.108. The molecule has 3 fully saturated rings. The second-order valence-electron chi connectivity index (χ2n) is 7.19. The Morgan fingerprint density at radius 1 is 1.20 bits per heavy atom. The number of amides is 1. The van der Waals surface area contributed by atoms with E-state index in [-0.39, 0.29) is 30.5 Å². The molecule has 0 aromatic carbocycles. The first-order chi connectivity index (χ1) is 9.15. The number of epoxide rings is 1. The molecular weight excluding hydrogens is 262 g/mol. The summed E-state index contributed by atoms with van der Waals surface area (Å²) in [7, 11) is 0. The Hall–Kier alpha value is -0.850. The normalized spacial score (nSPS) is 41.5. The highest BCUT2D eigenvalue weighted by Crippen LogP contribution is 2.46. The summed E-state index contributed by atoms with van der Waals surface area (Å²) in [5.74, 6) is -0.635. The van der Waals surface area contributed by atoms with E-state index in [2.05, 4.69) is 5.32 Å². The SMILES string of the molecule is CC(C)(C)OC(=O)NC1CC2OC2C2OC(C)(C)OC12. The molecule has 0 radical (unpaired) electrons. The quantitative estimate of drug-likeness (QED) is 0.741. The molecule has 114 valence electrons. The molecule has 6 heteroatoms. The lowest BCUT2D eigenvalue weighted by molar-refractivity contribution is -0.149. The molecule has 3 rings (SSSR count). The molecule has 6 nitrogen and oxygen atoms in total. The van der Waals surface area contributed by atoms with Crippen molar-refractivity contribution in [3.05, 3.63) is 0 Å². The van der Waals surface area contributed by atoms with Crippen molar-refractivity contribution >= 4 is 6.09 Å². The van der Waals surface area contributed by atoms with Crippen molar-refractivity contribution in [1.82, 2.24) is 5.32 Å². The second kappa shape index (κ2) is 4.32. The van der Waals surface area contributed by atoms with Crippen LogP contribution in [0.4, 0.5) is 4.79 Å². The van der Waals surface area contributed by atoms with Crippen LogP contribution in [0.2, 0.25) is 0 Å². The van der Waals surface area contributed by atoms with Gasteiger partial charge in [-0.3, -0.25) is 0 Å². The van der Waals surface area contributed by atoms with Crippen LogP contribution in [0.1, 0.15) is 41.0 Å². The number of fused-ring (bicyclic) bond motifs is 3. The van der Waals surface area contributed by atoms with E-state index < -0.39 is 17.5 Å². The van der Waals surface area contributed by atoms with Crippen LogP contribution >= 0.6 is 0 Å². The van der Waals surface area contributed by atoms with Crippen molar-refractivity contribution in [3.8, 4) is 0 Å². The molecule has 0 bridgehead atoms. The fraction of sp³-hybridized carbons (Fsp3) is 0.929. The molecule has 2 heterocycles. The first-order valence-electron chi connectivity index (χ1n) is 7.15. The number of hydrogen-bond donors (Lipinski definition) is 1. The van der Waals surface area contributed by atoms with Crippen molar-refractivity contribution in [2.24, 2.45) is 0 Å². The first-order valence-corrected chi connectivity index (χ1v) is 7.15. The van der Waals surface area contributed by atoms with Crippen molar-refractivity contribution in [2.75, 3.05) is 0 Å². The standard InChI is InChI=1S/C14H23NO5/c1-13(2,3)20-12(16)15-7-6-8-10(17-8)11-9(7)18-14(4,5)19-11/h7-11H,6H2,1-5H3,(H,15,16). The van der Waals surface area contributed by atoms with Gasteiger partial charge in [0.1, 0.15) is 23.9 Å². The number of ether oxygens (including phenoxy) is 4. The van der Waals surface area contributed by atoms with Crippen molar-refractivity contribution in [3.63, 3.8) is 0 Å². The predicted molar refractivity (Wildman–Crippen MR) is 70.3 cm³/mol. The Kier molecular flexibility index (Phi) is 3.05. The van der Waals surface area contributed by atoms with E-state index in [1.54, 1.807) is 0 Å². The van der Waals surface area contributed by atoms with E-state index in [9.17, 15) is 4.79 Å². The van der Waals surface area contributed by atoms with Gasteiger partial charge in [0.05, 0.1) is 12.1 Å². The first kappa shape index (κ1) is 14.1. The van der Waals surface area contributed by atoms with Gasteiger partial charge in [-0.15, -0.1) is 0 Å². The maximum atomic E-state index is 11.9. The largest absolute Gasteiger partial charge is 0.444 e. The van der Waals surface area contributed by atoms with Gasteiger partial charge in [-0.25, -0.2) is 4.79 Å². The van der Waals surface area contributed by atoms with Crippen LogP contribution in [-0.4, -0.2) is 47.9 Å². The van der Waals surface area contributed by atoms with Gasteiger partial charge in [0.25, 0.3) is 0 Å². The van der Waals surface area contributed by atoms with Crippen LogP contribution in [0.3, 0.4) is 0 Å². The number of nitrogens with one attached hydrogen (secondary N) is 1. The van der Waals surface area contributed by atoms with Gasteiger partial charge in [0.15, 0.2) is 5.79 Å². The van der Waals surface area contributed by atoms with Gasteiger partial charge in [0.2, 0.25) is 0 Å². The molecule has 5 unspecified atom stereocenters. The summed E-state index contributed by atoms with van der Waals surface area (Å²) in [6.07, 6.45) is 0.301. The maximum Gasteiger partial charge on any atom is 0.407 e. The summed E-state index contributed by atoms with van der Waals surface area (Å²) in [5.41, 5.74) is -0.511. The zero-order valence-corrected chi connectivity index (χ0v) is 12.6. The van der Waals surface area contributed by atoms with Crippen LogP contribution in [0.5, 0.6) is 0 Å². The molecule has 3 aliphatic rings. The lowest BCUT2D eigenvalue weighted by Gasteiger charge is -2.30. The molecule has 1 aliphatic carbocycles. The van der Waals surface area contributed by atoms with Crippen molar-refractivity contribution in [2.45, 2.75) is 82.9 Å². The summed E-state index contributed by atoms with van der Waals surface area (Å²) in [4.78, 5) is 11.9. The smallest absolute Gasteiger partial charge is 0.407 e. The zero-order chi connectivity index (χ0) is 14.7. The third kappa shape index (κ3) is 2.77. The summed E-state index contributed by atoms with van der Waals surface area (Å²) in [6.45, 7) is 9.29. The third-order valence-corrected chi connectivity index (χ3v) is 3.69. The third-order valence-electron chi connectivity index (χ3n) is 3.69. The Morgan fingerprint density at radius 3 is 2.50 bits per heavy atom. The average Bonchev–Trinajstić information content (AvgIpc) is 2.91. The van der Waals surface area contributed by atoms with Crippen LogP contribution in [-0.2, 0) is 18.9 Å². The molecule has 1 N–H and O–H groups in total. The van der Waals surface area contributed by atoms with Gasteiger partial charge < -0.3 is 24.3 Å². The van der Waals surface area contributed by atoms with Crippen LogP contribution in [0.25, 0.3) is 0 Å². The van der Waals surface area contributed by atoms with Gasteiger partial charge in [0, 0.05) is 0 Å². The number of hydrogen-bond acceptors (Lipinski definition) is 5. The molecular formula is C14H23NO5. The summed E-state index contributed by atoms with van der Waals surface area (Å²) >= 11 is 0. The van der Waals surface area contributed by atoms with Gasteiger partial charge in [-0.2, -0.15) is 0 Å². The monoisotopic (exact) mass is 285 g/mol. The van der Waals surface area contributed by atoms with Crippen LogP contribution < -0.4 is 5.32 Å². The van der Waals surface area contributed by atoms with E-state index in [0.717, 1.165) is 6.42 Å². The Morgan fingerprint density at radius 2 is 1.85 bits per heavy atom. The average molecular weight is 285 g/mol. The van der Waals surface area contributed by atoms with Crippen LogP contribution in [0, 0.1) is 0 Å². The molecule has 2 aliphatic heterocycles. The molecule has 1 saturated carbocycles. The van der Waals surface area contributed by atoms with Crippen molar-refractivity contribution in [1.29, 1.82) is 0 Å². The van der Waals surface area contributed by atoms with E-state index in [1.807, 2.05) is 34.6 Å². The fourth-order valence-electron chi connectivity index (χ4n) is 3.00. The fourth-order valence-corrected chi connectivity index (χ4v) is 3.00. The molecule has 0 aromatic heterocycles. The molecule has 0 aromatic rings. The van der Waals surface area contributed by atoms with Crippen molar-refractivity contribution < 1.29 is 23.7 Å². The minimum Gasteiger partial charge on any atom is -0.444 e. The number of carbonyl (C=O) groups excluding carboxylic acids is 1. The van der Waals surface area contributed by atoms with Crippen LogP contribution in [0.15, 0.2) is 0 Å². The highest BCUT2D eigenvalue weighted by molar-refractivity contribution is 5.68. The molecule has 0 spiro atoms. The Labute approximate surface area is 119 Å². The lowest BCUT2D eigenvalue weighted by atomic mass is 9.90. The highest BCUT2D eigenvalue weighted by atomic mass is 16.8. The van der Waals surface area contributed by atoms with E-state index in [1.165, 1.54) is 0 Å². The minimum atomic E-state index is -0.635. The summed E-state index contributed by atoms with van der Waals surface area (Å²) in [6, 6.07) is -0.139. The molecule has 5 atom stereocenters. The number of rotatable bonds is 1. The Balaban J connectivity index is 1.66. The number of alkyl carbamates (subject to hydrolysis) is 1. The second-order valence-corrected chi connectivity index (χ2v) is 7.19. The lowest BCUT2D eigenvalue weighted by Crippen LogP contribution is -2.53. The zero-order valence-electron chi connectivity index (χ0n) is 12.6. The van der Waals surface area contributed by atoms with Gasteiger partial charge >= 0.3 is 6.09 Å². The number of carbonyl (C=O) groups is 1. The molecule has 2 saturated heterocycles. The van der Waals surface area contributed by atoms with E-state index >= 15 is 0 Å². The maximum absolute atomic E-state index is 11.9. The Bertz CT molecular complexity index is 416. The summed E-state index contributed by atoms with van der Waals surface area (Å²) < 4.78 is 22.7. The van der Waals surface area contributed by atoms with E-state index in [0.29, 0.717) is 0 Å². The predicted octanol–water partition coefficient (Wildman–Crippen LogP) is 1.57. The molecule has 1 amide bonds. The van der Waals surface area contributed by atoms with Gasteiger partial charge in [-0.05, 0) is 41.0 Å². The van der Waals surface area contributed by atoms with E-state index in [4.69, 9.17) is 18.9 Å². The topological polar surface area (TPSA) is 69.3 Å². The molecule has 20 heavy (non-hydrogen) atoms. The van der Waals surface area contributed by atoms with Gasteiger partial charge in [-0.1, -0.05) is 0 Å².